The van der Waals surface area contributed by atoms with Crippen LogP contribution < -0.4 is 10.6 Å². The fraction of sp³-hybridized carbons (Fsp3) is 0.308. The van der Waals surface area contributed by atoms with E-state index in [-0.39, 0.29) is 24.6 Å². The number of carbonyl (C=O) groups excluding carboxylic acids is 3. The molecule has 3 atom stereocenters. The third kappa shape index (κ3) is 13.3. The Balaban J connectivity index is 1.10. The molecule has 3 aromatic rings. The number of hydrogen-bond donors (Lipinski definition) is 3. The second kappa shape index (κ2) is 20.2. The molecular weight excluding hydrogens is 652 g/mol. The van der Waals surface area contributed by atoms with Gasteiger partial charge in [-0.3, -0.25) is 5.32 Å². The van der Waals surface area contributed by atoms with Crippen molar-refractivity contribution >= 4 is 35.3 Å². The molecule has 1 aliphatic rings. The van der Waals surface area contributed by atoms with E-state index in [1.165, 1.54) is 12.2 Å². The fourth-order valence-electron chi connectivity index (χ4n) is 5.11. The highest BCUT2D eigenvalue weighted by atomic mass is 17.1. The second-order valence-corrected chi connectivity index (χ2v) is 12.1. The number of benzene rings is 3. The van der Waals surface area contributed by atoms with Crippen LogP contribution in [0.2, 0.25) is 0 Å². The molecule has 4 rings (SSSR count). The number of nitrogens with zero attached hydrogens (tertiary/aromatic N) is 2. The first kappa shape index (κ1) is 38.2. The Morgan fingerprint density at radius 2 is 1.37 bits per heavy atom. The highest BCUT2D eigenvalue weighted by molar-refractivity contribution is 5.84. The van der Waals surface area contributed by atoms with E-state index in [1.54, 1.807) is 43.3 Å². The van der Waals surface area contributed by atoms with Crippen LogP contribution >= 0.6 is 0 Å². The molecule has 0 radical (unpaired) electrons. The maximum atomic E-state index is 12.4. The molecule has 0 spiro atoms. The van der Waals surface area contributed by atoms with Gasteiger partial charge in [-0.05, 0) is 98.7 Å². The molecule has 0 saturated carbocycles. The Hall–Kier alpha value is -5.61. The Kier molecular flexibility index (Phi) is 15.1. The van der Waals surface area contributed by atoms with E-state index < -0.39 is 12.2 Å². The van der Waals surface area contributed by atoms with Crippen LogP contribution in [0.5, 0.6) is 0 Å². The summed E-state index contributed by atoms with van der Waals surface area (Å²) in [4.78, 5) is 45.1. The number of hydrogen-bond acceptors (Lipinski definition) is 11. The number of ether oxygens (including phenoxy) is 3. The molecule has 3 unspecified atom stereocenters. The van der Waals surface area contributed by atoms with Gasteiger partial charge in [-0.2, -0.15) is 9.98 Å². The van der Waals surface area contributed by atoms with Gasteiger partial charge in [0.25, 0.3) is 0 Å². The quantitative estimate of drug-likeness (QED) is 0.0406. The first-order chi connectivity index (χ1) is 24.7. The molecule has 1 amide bonds. The minimum atomic E-state index is -0.582. The molecule has 0 heterocycles. The van der Waals surface area contributed by atoms with Crippen molar-refractivity contribution in [1.82, 2.24) is 5.32 Å². The van der Waals surface area contributed by atoms with E-state index in [0.717, 1.165) is 34.3 Å². The summed E-state index contributed by atoms with van der Waals surface area (Å²) in [5.41, 5.74) is 6.84. The number of carbonyl (C=O) groups is 1. The first-order valence-electron chi connectivity index (χ1n) is 16.5. The molecule has 0 saturated heterocycles. The van der Waals surface area contributed by atoms with Crippen molar-refractivity contribution in [3.63, 3.8) is 0 Å². The average Bonchev–Trinajstić information content (AvgIpc) is 3.13. The molecule has 51 heavy (non-hydrogen) atoms. The smallest absolute Gasteiger partial charge is 0.411 e. The molecule has 3 N–H and O–H groups in total. The van der Waals surface area contributed by atoms with Gasteiger partial charge in [0, 0.05) is 17.3 Å². The topological polar surface area (TPSA) is 157 Å². The van der Waals surface area contributed by atoms with Gasteiger partial charge >= 0.3 is 6.09 Å². The summed E-state index contributed by atoms with van der Waals surface area (Å²) >= 11 is 0. The van der Waals surface area contributed by atoms with Crippen LogP contribution in [-0.4, -0.2) is 61.6 Å². The predicted molar refractivity (Wildman–Crippen MR) is 192 cm³/mol. The maximum Gasteiger partial charge on any atom is 0.411 e. The number of rotatable bonds is 18. The first-order valence-corrected chi connectivity index (χ1v) is 16.5. The number of amides is 1. The summed E-state index contributed by atoms with van der Waals surface area (Å²) < 4.78 is 17.1. The Bertz CT molecular complexity index is 1770. The Labute approximate surface area is 297 Å². The molecule has 0 aliphatic heterocycles. The second-order valence-electron chi connectivity index (χ2n) is 12.1. The van der Waals surface area contributed by atoms with Gasteiger partial charge in [0.1, 0.15) is 6.10 Å². The van der Waals surface area contributed by atoms with Gasteiger partial charge in [0.2, 0.25) is 18.0 Å². The lowest BCUT2D eigenvalue weighted by Gasteiger charge is -2.21. The van der Waals surface area contributed by atoms with E-state index in [9.17, 15) is 19.6 Å². The van der Waals surface area contributed by atoms with Crippen molar-refractivity contribution in [3.8, 4) is 0 Å². The largest absolute Gasteiger partial charge is 0.444 e. The fourth-order valence-corrected chi connectivity index (χ4v) is 5.11. The van der Waals surface area contributed by atoms with Gasteiger partial charge in [-0.1, -0.05) is 54.6 Å². The molecule has 1 aliphatic carbocycles. The zero-order chi connectivity index (χ0) is 36.4. The van der Waals surface area contributed by atoms with Crippen molar-refractivity contribution in [2.45, 2.75) is 58.3 Å². The van der Waals surface area contributed by atoms with E-state index in [2.05, 4.69) is 31.6 Å². The van der Waals surface area contributed by atoms with Crippen molar-refractivity contribution in [2.75, 3.05) is 25.1 Å². The summed E-state index contributed by atoms with van der Waals surface area (Å²) in [6.07, 6.45) is 9.67. The molecule has 3 aromatic carbocycles. The SMILES string of the molecule is CC(COCC(C)OCC(C)OC(=O)Nc1ccc(Cc2ccc(N=C=O)cc2)cc1)NC(OO)=C1C=CC(Cc2ccc(N=C=O)cc2)=CC1. The number of aliphatic imine (C=N–C) groups is 2. The van der Waals surface area contributed by atoms with Crippen LogP contribution in [0.3, 0.4) is 0 Å². The Morgan fingerprint density at radius 3 is 1.92 bits per heavy atom. The number of allylic oxidation sites excluding steroid dienone is 5. The lowest BCUT2D eigenvalue weighted by atomic mass is 9.97. The molecule has 0 aromatic heterocycles. The van der Waals surface area contributed by atoms with Crippen LogP contribution in [0.4, 0.5) is 21.9 Å². The molecule has 12 heteroatoms. The number of isocyanates is 2. The summed E-state index contributed by atoms with van der Waals surface area (Å²) in [6, 6.07) is 22.0. The van der Waals surface area contributed by atoms with Crippen molar-refractivity contribution < 1.29 is 38.7 Å². The Morgan fingerprint density at radius 1 is 0.784 bits per heavy atom. The average molecular weight is 695 g/mol. The monoisotopic (exact) mass is 694 g/mol. The summed E-state index contributed by atoms with van der Waals surface area (Å²) in [5, 5.41) is 15.4. The van der Waals surface area contributed by atoms with Crippen LogP contribution in [-0.2, 0) is 41.5 Å². The summed E-state index contributed by atoms with van der Waals surface area (Å²) in [7, 11) is 0. The lowest BCUT2D eigenvalue weighted by Crippen LogP contribution is -2.33. The predicted octanol–water partition coefficient (Wildman–Crippen LogP) is 7.38. The van der Waals surface area contributed by atoms with Gasteiger partial charge < -0.3 is 24.4 Å². The molecular formula is C39H42N4O8. The van der Waals surface area contributed by atoms with E-state index in [4.69, 9.17) is 14.2 Å². The van der Waals surface area contributed by atoms with Crippen LogP contribution in [0.25, 0.3) is 0 Å². The molecule has 0 bridgehead atoms. The molecule has 0 fully saturated rings. The van der Waals surface area contributed by atoms with Gasteiger partial charge in [-0.25, -0.2) is 19.6 Å². The van der Waals surface area contributed by atoms with Crippen molar-refractivity contribution in [2.24, 2.45) is 9.98 Å². The third-order valence-electron chi connectivity index (χ3n) is 7.73. The van der Waals surface area contributed by atoms with Gasteiger partial charge in [0.05, 0.1) is 37.3 Å². The third-order valence-corrected chi connectivity index (χ3v) is 7.73. The van der Waals surface area contributed by atoms with Crippen molar-refractivity contribution in [3.05, 3.63) is 125 Å². The van der Waals surface area contributed by atoms with Crippen LogP contribution in [0, 0.1) is 0 Å². The zero-order valence-corrected chi connectivity index (χ0v) is 28.8. The maximum absolute atomic E-state index is 12.4. The van der Waals surface area contributed by atoms with E-state index >= 15 is 0 Å². The normalized spacial score (nSPS) is 14.9. The highest BCUT2D eigenvalue weighted by Gasteiger charge is 2.15. The van der Waals surface area contributed by atoms with Gasteiger partial charge in [-0.15, -0.1) is 0 Å². The summed E-state index contributed by atoms with van der Waals surface area (Å²) in [5.74, 6) is 0.257. The summed E-state index contributed by atoms with van der Waals surface area (Å²) in [6.45, 7) is 6.37. The van der Waals surface area contributed by atoms with Crippen molar-refractivity contribution in [1.29, 1.82) is 0 Å². The standard InChI is InChI=1S/C39H42N4O8/c1-27(42-38(51-47)34-12-4-30(5-13-34)20-31-6-14-35(15-7-31)40-25-44)22-48-23-28(2)49-24-29(3)50-39(46)43-37-18-10-33(11-19-37)21-32-8-16-36(17-9-32)41-26-45/h4-12,14-19,27-29,42,47H,13,20-24H2,1-3H3,(H,43,46). The number of nitrogens with one attached hydrogen (secondary N) is 2. The van der Waals surface area contributed by atoms with E-state index in [0.29, 0.717) is 43.1 Å². The van der Waals surface area contributed by atoms with Crippen LogP contribution in [0.1, 0.15) is 43.9 Å². The molecule has 266 valence electrons. The minimum Gasteiger partial charge on any atom is -0.444 e. The highest BCUT2D eigenvalue weighted by Crippen LogP contribution is 2.23. The van der Waals surface area contributed by atoms with Gasteiger partial charge in [0.15, 0.2) is 0 Å². The van der Waals surface area contributed by atoms with E-state index in [1.807, 2.05) is 62.4 Å². The van der Waals surface area contributed by atoms with Crippen LogP contribution in [0.15, 0.2) is 118 Å². The lowest BCUT2D eigenvalue weighted by molar-refractivity contribution is -0.211. The number of anilines is 1. The molecule has 12 nitrogen and oxygen atoms in total. The zero-order valence-electron chi connectivity index (χ0n) is 28.8. The minimum absolute atomic E-state index is 0.172.